The minimum absolute atomic E-state index is 0.0560. The molecule has 0 bridgehead atoms. The van der Waals surface area contributed by atoms with Gasteiger partial charge in [-0.05, 0) is 76.3 Å². The van der Waals surface area contributed by atoms with Crippen molar-refractivity contribution in [1.82, 2.24) is 14.2 Å². The summed E-state index contributed by atoms with van der Waals surface area (Å²) in [7, 11) is -3.62. The van der Waals surface area contributed by atoms with Gasteiger partial charge in [0, 0.05) is 26.2 Å². The molecule has 1 aromatic carbocycles. The molecule has 2 heterocycles. The number of thiazole rings is 1. The number of nitrogens with zero attached hydrogens (tertiary/aromatic N) is 3. The van der Waals surface area contributed by atoms with Gasteiger partial charge in [0.25, 0.3) is 5.91 Å². The highest BCUT2D eigenvalue weighted by atomic mass is 32.2. The fourth-order valence-electron chi connectivity index (χ4n) is 3.99. The van der Waals surface area contributed by atoms with Crippen LogP contribution >= 0.6 is 11.3 Å². The van der Waals surface area contributed by atoms with E-state index < -0.39 is 10.0 Å². The number of carbonyl (C=O) groups excluding carboxylic acids is 1. The molecule has 0 N–H and O–H groups in total. The van der Waals surface area contributed by atoms with Crippen LogP contribution in [0.3, 0.4) is 0 Å². The molecule has 6 nitrogen and oxygen atoms in total. The normalized spacial score (nSPS) is 15.8. The Morgan fingerprint density at radius 1 is 0.828 bits per heavy atom. The van der Waals surface area contributed by atoms with Crippen LogP contribution in [0.4, 0.5) is 0 Å². The number of sulfonamides is 1. The molecular weight excluding hydrogens is 406 g/mol. The van der Waals surface area contributed by atoms with Crippen LogP contribution in [0.5, 0.6) is 0 Å². The molecule has 29 heavy (non-hydrogen) atoms. The lowest BCUT2D eigenvalue weighted by atomic mass is 9.95. The summed E-state index contributed by atoms with van der Waals surface area (Å²) < 4.78 is 28.4. The number of aryl methyl sites for hydroxylation is 2. The molecule has 0 saturated carbocycles. The van der Waals surface area contributed by atoms with Gasteiger partial charge in [-0.25, -0.2) is 13.4 Å². The quantitative estimate of drug-likeness (QED) is 0.740. The average molecular weight is 436 g/mol. The van der Waals surface area contributed by atoms with Crippen molar-refractivity contribution in [1.29, 1.82) is 0 Å². The summed E-state index contributed by atoms with van der Waals surface area (Å²) in [5, 5.41) is 0.864. The third kappa shape index (κ3) is 3.73. The lowest BCUT2D eigenvalue weighted by molar-refractivity contribution is 0.0701. The Labute approximate surface area is 177 Å². The molecule has 0 aliphatic carbocycles. The average Bonchev–Trinajstić information content (AvgIpc) is 3.02. The van der Waals surface area contributed by atoms with E-state index in [2.05, 4.69) is 4.98 Å². The van der Waals surface area contributed by atoms with E-state index in [9.17, 15) is 13.2 Å². The second kappa shape index (κ2) is 7.81. The molecule has 1 aromatic heterocycles. The highest BCUT2D eigenvalue weighted by molar-refractivity contribution is 7.89. The molecule has 1 aliphatic heterocycles. The standard InChI is InChI=1S/C21H29N3O3S2/c1-12-13(2)15(4)20(16(5)14(12)3)29(26,27)24-10-8-23(9-11-24)21(25)19-17(6)22-18(7)28-19/h8-11H2,1-7H3. The minimum atomic E-state index is -3.62. The van der Waals surface area contributed by atoms with Gasteiger partial charge < -0.3 is 4.90 Å². The summed E-state index contributed by atoms with van der Waals surface area (Å²) in [6.07, 6.45) is 0. The molecule has 3 rings (SSSR count). The largest absolute Gasteiger partial charge is 0.335 e. The Kier molecular flexibility index (Phi) is 5.91. The van der Waals surface area contributed by atoms with E-state index in [1.807, 2.05) is 48.5 Å². The first-order valence-electron chi connectivity index (χ1n) is 9.77. The monoisotopic (exact) mass is 435 g/mol. The second-order valence-electron chi connectivity index (χ2n) is 7.80. The van der Waals surface area contributed by atoms with Crippen molar-refractivity contribution in [2.45, 2.75) is 53.4 Å². The predicted molar refractivity (Wildman–Crippen MR) is 116 cm³/mol. The van der Waals surface area contributed by atoms with Gasteiger partial charge in [0.1, 0.15) is 4.88 Å². The Hall–Kier alpha value is -1.77. The number of hydrogen-bond donors (Lipinski definition) is 0. The summed E-state index contributed by atoms with van der Waals surface area (Å²) in [4.78, 5) is 20.0. The van der Waals surface area contributed by atoms with Gasteiger partial charge in [0.05, 0.1) is 15.6 Å². The van der Waals surface area contributed by atoms with Crippen molar-refractivity contribution in [2.75, 3.05) is 26.2 Å². The van der Waals surface area contributed by atoms with Crippen molar-refractivity contribution < 1.29 is 13.2 Å². The molecule has 158 valence electrons. The van der Waals surface area contributed by atoms with Gasteiger partial charge in [0.2, 0.25) is 10.0 Å². The third-order valence-corrected chi connectivity index (χ3v) is 9.39. The van der Waals surface area contributed by atoms with Crippen molar-refractivity contribution in [2.24, 2.45) is 0 Å². The Balaban J connectivity index is 1.84. The maximum absolute atomic E-state index is 13.5. The molecule has 0 radical (unpaired) electrons. The van der Waals surface area contributed by atoms with Gasteiger partial charge >= 0.3 is 0 Å². The molecule has 1 amide bonds. The van der Waals surface area contributed by atoms with Crippen molar-refractivity contribution in [3.05, 3.63) is 43.4 Å². The van der Waals surface area contributed by atoms with E-state index >= 15 is 0 Å². The topological polar surface area (TPSA) is 70.6 Å². The molecule has 0 spiro atoms. The Morgan fingerprint density at radius 2 is 1.31 bits per heavy atom. The lowest BCUT2D eigenvalue weighted by Gasteiger charge is -2.34. The van der Waals surface area contributed by atoms with E-state index in [1.54, 1.807) is 4.90 Å². The first-order chi connectivity index (χ1) is 13.5. The van der Waals surface area contributed by atoms with Crippen molar-refractivity contribution in [3.8, 4) is 0 Å². The maximum Gasteiger partial charge on any atom is 0.265 e. The van der Waals surface area contributed by atoms with E-state index in [0.29, 0.717) is 36.0 Å². The molecule has 1 fully saturated rings. The number of amides is 1. The van der Waals surface area contributed by atoms with Crippen LogP contribution in [-0.2, 0) is 10.0 Å². The second-order valence-corrected chi connectivity index (χ2v) is 10.9. The van der Waals surface area contributed by atoms with Crippen LogP contribution in [0.15, 0.2) is 4.90 Å². The Morgan fingerprint density at radius 3 is 1.76 bits per heavy atom. The minimum Gasteiger partial charge on any atom is -0.335 e. The third-order valence-electron chi connectivity index (χ3n) is 6.15. The molecule has 2 aromatic rings. The number of piperazine rings is 1. The fraction of sp³-hybridized carbons (Fsp3) is 0.524. The van der Waals surface area contributed by atoms with Crippen LogP contribution in [0, 0.1) is 48.5 Å². The molecular formula is C21H29N3O3S2. The number of carbonyl (C=O) groups is 1. The zero-order valence-corrected chi connectivity index (χ0v) is 19.8. The highest BCUT2D eigenvalue weighted by Gasteiger charge is 2.34. The summed E-state index contributed by atoms with van der Waals surface area (Å²) in [6.45, 7) is 14.9. The number of benzene rings is 1. The van der Waals surface area contributed by atoms with Crippen LogP contribution in [0.25, 0.3) is 0 Å². The lowest BCUT2D eigenvalue weighted by Crippen LogP contribution is -2.50. The molecule has 0 atom stereocenters. The van der Waals surface area contributed by atoms with E-state index in [0.717, 1.165) is 38.5 Å². The first-order valence-corrected chi connectivity index (χ1v) is 12.0. The zero-order chi connectivity index (χ0) is 21.7. The summed E-state index contributed by atoms with van der Waals surface area (Å²) >= 11 is 1.39. The molecule has 8 heteroatoms. The van der Waals surface area contributed by atoms with E-state index in [4.69, 9.17) is 0 Å². The maximum atomic E-state index is 13.5. The molecule has 0 unspecified atom stereocenters. The van der Waals surface area contributed by atoms with E-state index in [-0.39, 0.29) is 5.91 Å². The van der Waals surface area contributed by atoms with Crippen molar-refractivity contribution >= 4 is 27.3 Å². The zero-order valence-electron chi connectivity index (χ0n) is 18.2. The van der Waals surface area contributed by atoms with Crippen LogP contribution in [0.1, 0.15) is 48.2 Å². The first kappa shape index (κ1) is 21.9. The van der Waals surface area contributed by atoms with Gasteiger partial charge in [-0.3, -0.25) is 4.79 Å². The molecule has 1 aliphatic rings. The van der Waals surface area contributed by atoms with Crippen LogP contribution in [0.2, 0.25) is 0 Å². The van der Waals surface area contributed by atoms with Gasteiger partial charge in [-0.15, -0.1) is 11.3 Å². The summed E-state index contributed by atoms with van der Waals surface area (Å²) in [5.74, 6) is -0.0560. The highest BCUT2D eigenvalue weighted by Crippen LogP contribution is 2.32. The molecule has 1 saturated heterocycles. The van der Waals surface area contributed by atoms with Gasteiger partial charge in [-0.1, -0.05) is 0 Å². The van der Waals surface area contributed by atoms with Gasteiger partial charge in [0.15, 0.2) is 0 Å². The van der Waals surface area contributed by atoms with Crippen LogP contribution in [-0.4, -0.2) is 54.7 Å². The SMILES string of the molecule is Cc1nc(C)c(C(=O)N2CCN(S(=O)(=O)c3c(C)c(C)c(C)c(C)c3C)CC2)s1. The summed E-state index contributed by atoms with van der Waals surface area (Å²) in [5.41, 5.74) is 5.57. The number of rotatable bonds is 3. The fourth-order valence-corrected chi connectivity index (χ4v) is 6.86. The Bertz CT molecular complexity index is 1050. The smallest absolute Gasteiger partial charge is 0.265 e. The number of hydrogen-bond acceptors (Lipinski definition) is 5. The van der Waals surface area contributed by atoms with E-state index in [1.165, 1.54) is 15.6 Å². The van der Waals surface area contributed by atoms with Crippen molar-refractivity contribution in [3.63, 3.8) is 0 Å². The van der Waals surface area contributed by atoms with Crippen LogP contribution < -0.4 is 0 Å². The summed E-state index contributed by atoms with van der Waals surface area (Å²) in [6, 6.07) is 0. The predicted octanol–water partition coefficient (Wildman–Crippen LogP) is 3.45. The van der Waals surface area contributed by atoms with Gasteiger partial charge in [-0.2, -0.15) is 4.31 Å². The number of aromatic nitrogens is 1.